The molecule has 13 nitrogen and oxygen atoms in total. The Morgan fingerprint density at radius 1 is 0.930 bits per heavy atom. The van der Waals surface area contributed by atoms with Crippen molar-refractivity contribution >= 4 is 35.2 Å². The van der Waals surface area contributed by atoms with Gasteiger partial charge in [0.25, 0.3) is 5.91 Å². The Labute approximate surface area is 333 Å². The number of fused-ring (bicyclic) bond motifs is 5. The van der Waals surface area contributed by atoms with Gasteiger partial charge in [-0.1, -0.05) is 74.4 Å². The van der Waals surface area contributed by atoms with Crippen molar-refractivity contribution in [1.82, 2.24) is 25.9 Å². The number of unbranched alkanes of at least 4 members (excludes halogenated alkanes) is 1. The van der Waals surface area contributed by atoms with Gasteiger partial charge in [0.2, 0.25) is 23.6 Å². The molecule has 13 heteroatoms. The predicted octanol–water partition coefficient (Wildman–Crippen LogP) is 4.23. The number of nitrogens with two attached hydrogens (primary N) is 2. The Balaban J connectivity index is 1.25. The second kappa shape index (κ2) is 17.5. The lowest BCUT2D eigenvalue weighted by molar-refractivity contribution is -0.128. The number of benzene rings is 3. The van der Waals surface area contributed by atoms with Crippen molar-refractivity contribution in [3.05, 3.63) is 99.9 Å². The number of aryl methyl sites for hydroxylation is 3. The third-order valence-electron chi connectivity index (χ3n) is 11.0. The van der Waals surface area contributed by atoms with Crippen LogP contribution in [-0.4, -0.2) is 64.7 Å². The zero-order valence-corrected chi connectivity index (χ0v) is 33.1. The molecule has 57 heavy (non-hydrogen) atoms. The van der Waals surface area contributed by atoms with Crippen LogP contribution >= 0.6 is 0 Å². The van der Waals surface area contributed by atoms with Gasteiger partial charge < -0.3 is 32.7 Å². The fraction of sp³-hybridized carbons (Fsp3) is 0.386. The van der Waals surface area contributed by atoms with Crippen LogP contribution in [0.2, 0.25) is 0 Å². The molecule has 1 aliphatic carbocycles. The average molecular weight is 773 g/mol. The molecular formula is C44H52N8O5. The number of primary amides is 1. The molecule has 4 aromatic rings. The molecule has 2 aliphatic rings. The molecule has 0 saturated heterocycles. The van der Waals surface area contributed by atoms with Crippen molar-refractivity contribution in [2.24, 2.45) is 11.5 Å². The zero-order chi connectivity index (χ0) is 40.9. The van der Waals surface area contributed by atoms with Gasteiger partial charge in [-0.3, -0.25) is 24.0 Å². The quantitative estimate of drug-likeness (QED) is 0.122. The minimum Gasteiger partial charge on any atom is -0.368 e. The third kappa shape index (κ3) is 9.54. The summed E-state index contributed by atoms with van der Waals surface area (Å²) in [5, 5.41) is 11.1. The number of aromatic nitrogens is 2. The standard InChI is InChI=1S/C44H52N8O5/c1-5-6-15-44(16-17-44)32-12-10-30(11-13-32)41-48-26(3)38(27(4)49-41)43(57)51-34(14-18-45)42(56)52-39-25(2)19-29-21-33(39)31-9-7-8-28(20-31)23-36(53)47-24-37(54)50-35(22-29)40(46)55/h7-13,19-21,34-35H,5-6,14-18,22-24,45H2,1-4H3,(H2,46,55)(H,47,53)(H,50,54)(H,51,57)(H,52,56)/t34-,35?/m0/s1. The zero-order valence-electron chi connectivity index (χ0n) is 33.1. The highest BCUT2D eigenvalue weighted by atomic mass is 16.2. The van der Waals surface area contributed by atoms with E-state index in [2.05, 4.69) is 52.5 Å². The lowest BCUT2D eigenvalue weighted by atomic mass is 9.90. The highest BCUT2D eigenvalue weighted by Crippen LogP contribution is 2.52. The summed E-state index contributed by atoms with van der Waals surface area (Å²) >= 11 is 0. The minimum atomic E-state index is -1.04. The Morgan fingerprint density at radius 2 is 1.65 bits per heavy atom. The summed E-state index contributed by atoms with van der Waals surface area (Å²) in [6, 6.07) is 17.3. The Hall–Kier alpha value is -5.95. The van der Waals surface area contributed by atoms with Crippen LogP contribution in [0.4, 0.5) is 5.69 Å². The Kier molecular flexibility index (Phi) is 12.5. The lowest BCUT2D eigenvalue weighted by Gasteiger charge is -2.23. The summed E-state index contributed by atoms with van der Waals surface area (Å²) in [4.78, 5) is 75.0. The number of nitrogens with zero attached hydrogens (tertiary/aromatic N) is 2. The molecule has 298 valence electrons. The van der Waals surface area contributed by atoms with Crippen molar-refractivity contribution in [1.29, 1.82) is 0 Å². The monoisotopic (exact) mass is 772 g/mol. The first kappa shape index (κ1) is 40.7. The van der Waals surface area contributed by atoms with Gasteiger partial charge in [0.15, 0.2) is 5.82 Å². The van der Waals surface area contributed by atoms with E-state index in [1.54, 1.807) is 26.0 Å². The van der Waals surface area contributed by atoms with Crippen LogP contribution in [0.3, 0.4) is 0 Å². The van der Waals surface area contributed by atoms with Crippen molar-refractivity contribution in [2.45, 2.75) is 96.6 Å². The smallest absolute Gasteiger partial charge is 0.255 e. The minimum absolute atomic E-state index is 0.000893. The molecule has 0 radical (unpaired) electrons. The van der Waals surface area contributed by atoms with Crippen LogP contribution in [0.25, 0.3) is 22.5 Å². The Bertz CT molecular complexity index is 2170. The van der Waals surface area contributed by atoms with Gasteiger partial charge in [0.05, 0.1) is 35.6 Å². The molecule has 6 rings (SSSR count). The molecule has 8 N–H and O–H groups in total. The van der Waals surface area contributed by atoms with Crippen LogP contribution < -0.4 is 32.7 Å². The van der Waals surface area contributed by atoms with Crippen LogP contribution in [-0.2, 0) is 37.4 Å². The van der Waals surface area contributed by atoms with Crippen LogP contribution in [0.15, 0.2) is 60.7 Å². The summed E-state index contributed by atoms with van der Waals surface area (Å²) in [6.07, 6.45) is 6.27. The highest BCUT2D eigenvalue weighted by molar-refractivity contribution is 6.04. The summed E-state index contributed by atoms with van der Waals surface area (Å²) < 4.78 is 0. The molecule has 1 unspecified atom stereocenters. The van der Waals surface area contributed by atoms with Crippen LogP contribution in [0.1, 0.15) is 89.4 Å². The van der Waals surface area contributed by atoms with Gasteiger partial charge in [-0.15, -0.1) is 0 Å². The van der Waals surface area contributed by atoms with Gasteiger partial charge in [-0.05, 0) is 92.3 Å². The van der Waals surface area contributed by atoms with Crippen molar-refractivity contribution < 1.29 is 24.0 Å². The van der Waals surface area contributed by atoms with E-state index in [0.29, 0.717) is 56.1 Å². The molecule has 5 amide bonds. The van der Waals surface area contributed by atoms with Crippen LogP contribution in [0.5, 0.6) is 0 Å². The van der Waals surface area contributed by atoms with E-state index in [1.807, 2.05) is 31.2 Å². The van der Waals surface area contributed by atoms with Gasteiger partial charge >= 0.3 is 0 Å². The fourth-order valence-electron chi connectivity index (χ4n) is 7.72. The first-order chi connectivity index (χ1) is 27.3. The largest absolute Gasteiger partial charge is 0.368 e. The SMILES string of the molecule is CCCCC1(c2ccc(-c3nc(C)c(C(=O)N[C@@H](CCN)C(=O)Nc4c(C)cc5cc4-c4cccc(c4)CC(=O)NCC(=O)NC(C(N)=O)C5)c(C)n3)cc2)CC1. The molecule has 1 aliphatic heterocycles. The van der Waals surface area contributed by atoms with Gasteiger partial charge in [0.1, 0.15) is 12.1 Å². The average Bonchev–Trinajstić information content (AvgIpc) is 3.97. The second-order valence-corrected chi connectivity index (χ2v) is 15.4. The molecule has 2 atom stereocenters. The lowest BCUT2D eigenvalue weighted by Crippen LogP contribution is -2.49. The van der Waals surface area contributed by atoms with Crippen molar-refractivity contribution in [3.8, 4) is 22.5 Å². The van der Waals surface area contributed by atoms with E-state index in [1.165, 1.54) is 37.7 Å². The van der Waals surface area contributed by atoms with Crippen molar-refractivity contribution in [3.63, 3.8) is 0 Å². The number of nitrogens with one attached hydrogen (secondary N) is 4. The van der Waals surface area contributed by atoms with E-state index in [0.717, 1.165) is 5.56 Å². The van der Waals surface area contributed by atoms with Gasteiger partial charge in [-0.25, -0.2) is 9.97 Å². The molecule has 1 fully saturated rings. The van der Waals surface area contributed by atoms with Gasteiger partial charge in [-0.2, -0.15) is 0 Å². The molecular weight excluding hydrogens is 721 g/mol. The maximum atomic E-state index is 14.1. The number of rotatable bonds is 12. The summed E-state index contributed by atoms with van der Waals surface area (Å²) in [5.74, 6) is -2.11. The predicted molar refractivity (Wildman–Crippen MR) is 219 cm³/mol. The normalized spacial score (nSPS) is 16.7. The molecule has 1 saturated carbocycles. The van der Waals surface area contributed by atoms with Crippen molar-refractivity contribution in [2.75, 3.05) is 18.4 Å². The summed E-state index contributed by atoms with van der Waals surface area (Å²) in [7, 11) is 0. The van der Waals surface area contributed by atoms with E-state index in [-0.39, 0.29) is 43.8 Å². The first-order valence-electron chi connectivity index (χ1n) is 19.7. The molecule has 1 aromatic heterocycles. The fourth-order valence-corrected chi connectivity index (χ4v) is 7.72. The molecule has 2 heterocycles. The number of hydrogen-bond acceptors (Lipinski definition) is 8. The van der Waals surface area contributed by atoms with Gasteiger partial charge in [0, 0.05) is 17.5 Å². The van der Waals surface area contributed by atoms with E-state index in [4.69, 9.17) is 21.4 Å². The Morgan fingerprint density at radius 3 is 2.30 bits per heavy atom. The number of anilines is 1. The summed E-state index contributed by atoms with van der Waals surface area (Å²) in [5.41, 5.74) is 19.2. The second-order valence-electron chi connectivity index (χ2n) is 15.4. The van der Waals surface area contributed by atoms with E-state index in [9.17, 15) is 24.0 Å². The topological polar surface area (TPSA) is 211 Å². The van der Waals surface area contributed by atoms with E-state index >= 15 is 0 Å². The number of amides is 5. The van der Waals surface area contributed by atoms with Crippen LogP contribution in [0, 0.1) is 20.8 Å². The first-order valence-corrected chi connectivity index (χ1v) is 19.7. The maximum absolute atomic E-state index is 14.1. The highest BCUT2D eigenvalue weighted by Gasteiger charge is 2.43. The molecule has 3 aromatic carbocycles. The third-order valence-corrected chi connectivity index (χ3v) is 11.0. The molecule has 0 spiro atoms. The number of carbonyl (C=O) groups is 5. The maximum Gasteiger partial charge on any atom is 0.255 e. The van der Waals surface area contributed by atoms with E-state index < -0.39 is 35.7 Å². The number of carbonyl (C=O) groups excluding carboxylic acids is 5. The molecule has 4 bridgehead atoms. The number of hydrogen-bond donors (Lipinski definition) is 6. The summed E-state index contributed by atoms with van der Waals surface area (Å²) in [6.45, 7) is 7.37.